The molecule has 0 atom stereocenters. The van der Waals surface area contributed by atoms with Gasteiger partial charge in [-0.25, -0.2) is 0 Å². The number of anilines is 1. The van der Waals surface area contributed by atoms with E-state index in [1.807, 2.05) is 48.0 Å². The van der Waals surface area contributed by atoms with Gasteiger partial charge in [-0.05, 0) is 24.3 Å². The first-order valence-corrected chi connectivity index (χ1v) is 9.91. The van der Waals surface area contributed by atoms with Crippen molar-refractivity contribution in [2.75, 3.05) is 11.1 Å². The summed E-state index contributed by atoms with van der Waals surface area (Å²) in [6.07, 6.45) is 0. The molecule has 6 nitrogen and oxygen atoms in total. The number of carbonyl (C=O) groups excluding carboxylic acids is 2. The van der Waals surface area contributed by atoms with Crippen LogP contribution in [0.15, 0.2) is 58.2 Å². The van der Waals surface area contributed by atoms with Gasteiger partial charge in [-0.15, -0.1) is 10.2 Å². The number of ketones is 1. The van der Waals surface area contributed by atoms with Crippen LogP contribution in [0.5, 0.6) is 0 Å². The summed E-state index contributed by atoms with van der Waals surface area (Å²) in [5.74, 6) is 0.845. The highest BCUT2D eigenvalue weighted by molar-refractivity contribution is 9.10. The van der Waals surface area contributed by atoms with E-state index < -0.39 is 0 Å². The highest BCUT2D eigenvalue weighted by Gasteiger charge is 2.14. The maximum Gasteiger partial charge on any atom is 0.221 e. The Balaban J connectivity index is 1.73. The van der Waals surface area contributed by atoms with Crippen LogP contribution < -0.4 is 5.32 Å². The van der Waals surface area contributed by atoms with Crippen molar-refractivity contribution in [1.82, 2.24) is 14.8 Å². The number of nitrogens with zero attached hydrogens (tertiary/aromatic N) is 3. The van der Waals surface area contributed by atoms with E-state index in [0.717, 1.165) is 10.0 Å². The van der Waals surface area contributed by atoms with Crippen LogP contribution in [0.3, 0.4) is 0 Å². The fourth-order valence-corrected chi connectivity index (χ4v) is 3.55. The number of aromatic nitrogens is 3. The van der Waals surface area contributed by atoms with E-state index in [1.165, 1.54) is 18.7 Å². The van der Waals surface area contributed by atoms with E-state index in [0.29, 0.717) is 22.2 Å². The van der Waals surface area contributed by atoms with Gasteiger partial charge in [0.25, 0.3) is 0 Å². The van der Waals surface area contributed by atoms with Gasteiger partial charge in [-0.2, -0.15) is 0 Å². The number of nitrogens with one attached hydrogen (secondary N) is 1. The SMILES string of the molecule is CC(=O)Nc1cccc(-c2nnc(SCC(=O)c3ccc(Br)cc3)n2C)c1. The number of hydrogen-bond acceptors (Lipinski definition) is 5. The standard InChI is InChI=1S/C19H17BrN4O2S/c1-12(25)21-16-5-3-4-14(10-16)18-22-23-19(24(18)2)27-11-17(26)13-6-8-15(20)9-7-13/h3-10H,11H2,1-2H3,(H,21,25). The summed E-state index contributed by atoms with van der Waals surface area (Å²) in [6, 6.07) is 14.7. The average Bonchev–Trinajstić information content (AvgIpc) is 3.00. The number of thioether (sulfide) groups is 1. The molecular formula is C19H17BrN4O2S. The maximum absolute atomic E-state index is 12.3. The second-order valence-electron chi connectivity index (χ2n) is 5.85. The van der Waals surface area contributed by atoms with Crippen molar-refractivity contribution in [2.45, 2.75) is 12.1 Å². The third-order valence-corrected chi connectivity index (χ3v) is 5.32. The van der Waals surface area contributed by atoms with Gasteiger partial charge in [-0.3, -0.25) is 9.59 Å². The van der Waals surface area contributed by atoms with Crippen LogP contribution in [0, 0.1) is 0 Å². The molecule has 1 amide bonds. The zero-order chi connectivity index (χ0) is 19.4. The molecule has 0 spiro atoms. The van der Waals surface area contributed by atoms with Crippen molar-refractivity contribution < 1.29 is 9.59 Å². The monoisotopic (exact) mass is 444 g/mol. The molecule has 0 saturated heterocycles. The minimum Gasteiger partial charge on any atom is -0.326 e. The molecule has 1 heterocycles. The van der Waals surface area contributed by atoms with Crippen LogP contribution in [0.1, 0.15) is 17.3 Å². The van der Waals surface area contributed by atoms with Crippen molar-refractivity contribution in [2.24, 2.45) is 7.05 Å². The maximum atomic E-state index is 12.3. The molecule has 0 fully saturated rings. The predicted octanol–water partition coefficient (Wildman–Crippen LogP) is 4.18. The largest absolute Gasteiger partial charge is 0.326 e. The average molecular weight is 445 g/mol. The lowest BCUT2D eigenvalue weighted by molar-refractivity contribution is -0.114. The van der Waals surface area contributed by atoms with E-state index in [4.69, 9.17) is 0 Å². The normalized spacial score (nSPS) is 10.6. The topological polar surface area (TPSA) is 76.9 Å². The quantitative estimate of drug-likeness (QED) is 0.455. The Hall–Kier alpha value is -2.45. The first-order valence-electron chi connectivity index (χ1n) is 8.13. The van der Waals surface area contributed by atoms with Gasteiger partial charge in [-0.1, -0.05) is 52.0 Å². The Morgan fingerprint density at radius 1 is 1.15 bits per heavy atom. The molecule has 8 heteroatoms. The summed E-state index contributed by atoms with van der Waals surface area (Å²) in [7, 11) is 1.85. The molecule has 138 valence electrons. The van der Waals surface area contributed by atoms with Crippen molar-refractivity contribution in [3.8, 4) is 11.4 Å². The second-order valence-corrected chi connectivity index (χ2v) is 7.70. The smallest absolute Gasteiger partial charge is 0.221 e. The van der Waals surface area contributed by atoms with E-state index >= 15 is 0 Å². The van der Waals surface area contributed by atoms with Gasteiger partial charge < -0.3 is 9.88 Å². The van der Waals surface area contributed by atoms with Crippen molar-refractivity contribution in [1.29, 1.82) is 0 Å². The van der Waals surface area contributed by atoms with Crippen LogP contribution in [-0.2, 0) is 11.8 Å². The third kappa shape index (κ3) is 4.84. The Morgan fingerprint density at radius 2 is 1.89 bits per heavy atom. The summed E-state index contributed by atoms with van der Waals surface area (Å²) in [4.78, 5) is 23.6. The van der Waals surface area contributed by atoms with Gasteiger partial charge >= 0.3 is 0 Å². The fourth-order valence-electron chi connectivity index (χ4n) is 2.48. The van der Waals surface area contributed by atoms with E-state index in [1.54, 1.807) is 12.1 Å². The molecule has 0 saturated carbocycles. The Labute approximate surface area is 169 Å². The Kier molecular flexibility index (Phi) is 6.08. The molecule has 1 aromatic heterocycles. The number of halogens is 1. The van der Waals surface area contributed by atoms with Gasteiger partial charge in [0.15, 0.2) is 16.8 Å². The highest BCUT2D eigenvalue weighted by atomic mass is 79.9. The molecule has 3 rings (SSSR count). The molecule has 0 unspecified atom stereocenters. The predicted molar refractivity (Wildman–Crippen MR) is 110 cm³/mol. The van der Waals surface area contributed by atoms with E-state index in [-0.39, 0.29) is 17.4 Å². The van der Waals surface area contributed by atoms with Gasteiger partial charge in [0.2, 0.25) is 5.91 Å². The second kappa shape index (κ2) is 8.49. The van der Waals surface area contributed by atoms with Crippen LogP contribution in [0.25, 0.3) is 11.4 Å². The fraction of sp³-hybridized carbons (Fsp3) is 0.158. The van der Waals surface area contributed by atoms with Crippen LogP contribution in [-0.4, -0.2) is 32.2 Å². The lowest BCUT2D eigenvalue weighted by Crippen LogP contribution is -2.06. The van der Waals surface area contributed by atoms with Gasteiger partial charge in [0.05, 0.1) is 5.75 Å². The molecule has 27 heavy (non-hydrogen) atoms. The molecule has 0 aliphatic heterocycles. The molecule has 3 aromatic rings. The number of benzene rings is 2. The van der Waals surface area contributed by atoms with Crippen LogP contribution in [0.2, 0.25) is 0 Å². The van der Waals surface area contributed by atoms with E-state index in [9.17, 15) is 9.59 Å². The highest BCUT2D eigenvalue weighted by Crippen LogP contribution is 2.25. The van der Waals surface area contributed by atoms with Crippen molar-refractivity contribution in [3.63, 3.8) is 0 Å². The summed E-state index contributed by atoms with van der Waals surface area (Å²) < 4.78 is 2.78. The third-order valence-electron chi connectivity index (χ3n) is 3.77. The van der Waals surface area contributed by atoms with Crippen LogP contribution >= 0.6 is 27.7 Å². The minimum absolute atomic E-state index is 0.0321. The Bertz CT molecular complexity index is 986. The molecular weight excluding hydrogens is 428 g/mol. The summed E-state index contributed by atoms with van der Waals surface area (Å²) in [6.45, 7) is 1.46. The van der Waals surface area contributed by atoms with E-state index in [2.05, 4.69) is 31.4 Å². The minimum atomic E-state index is -0.132. The number of carbonyl (C=O) groups is 2. The summed E-state index contributed by atoms with van der Waals surface area (Å²) in [5, 5.41) is 11.8. The molecule has 0 aliphatic rings. The summed E-state index contributed by atoms with van der Waals surface area (Å²) >= 11 is 4.70. The zero-order valence-corrected chi connectivity index (χ0v) is 17.2. The Morgan fingerprint density at radius 3 is 2.59 bits per heavy atom. The molecule has 0 aliphatic carbocycles. The summed E-state index contributed by atoms with van der Waals surface area (Å²) in [5.41, 5.74) is 2.20. The van der Waals surface area contributed by atoms with Gasteiger partial charge in [0, 0.05) is 35.3 Å². The molecule has 2 aromatic carbocycles. The number of rotatable bonds is 6. The van der Waals surface area contributed by atoms with Gasteiger partial charge in [0.1, 0.15) is 0 Å². The first-order chi connectivity index (χ1) is 12.9. The first kappa shape index (κ1) is 19.3. The number of amides is 1. The van der Waals surface area contributed by atoms with Crippen molar-refractivity contribution in [3.05, 3.63) is 58.6 Å². The molecule has 0 bridgehead atoms. The lowest BCUT2D eigenvalue weighted by atomic mass is 10.2. The molecule has 1 N–H and O–H groups in total. The van der Waals surface area contributed by atoms with Crippen LogP contribution in [0.4, 0.5) is 5.69 Å². The number of hydrogen-bond donors (Lipinski definition) is 1. The molecule has 0 radical (unpaired) electrons. The lowest BCUT2D eigenvalue weighted by Gasteiger charge is -2.06. The number of Topliss-reactive ketones (excluding diaryl/α,β-unsaturated/α-hetero) is 1. The van der Waals surface area contributed by atoms with Crippen molar-refractivity contribution >= 4 is 45.1 Å². The zero-order valence-electron chi connectivity index (χ0n) is 14.8.